The number of benzene rings is 4. The summed E-state index contributed by atoms with van der Waals surface area (Å²) in [5.41, 5.74) is 4.80. The minimum atomic E-state index is -0.600. The molecular weight excluding hydrogens is 536 g/mol. The summed E-state index contributed by atoms with van der Waals surface area (Å²) in [4.78, 5) is 4.43. The summed E-state index contributed by atoms with van der Waals surface area (Å²) in [5.74, 6) is 0.181. The Morgan fingerprint density at radius 2 is 1.02 bits per heavy atom. The predicted octanol–water partition coefficient (Wildman–Crippen LogP) is 6.57. The van der Waals surface area contributed by atoms with Gasteiger partial charge in [0.2, 0.25) is 0 Å². The molecule has 43 heavy (non-hydrogen) atoms. The third kappa shape index (κ3) is 12.8. The summed E-state index contributed by atoms with van der Waals surface area (Å²) in [7, 11) is 0. The van der Waals surface area contributed by atoms with E-state index in [1.807, 2.05) is 72.8 Å². The van der Waals surface area contributed by atoms with Crippen molar-refractivity contribution in [2.45, 2.75) is 38.7 Å². The fourth-order valence-electron chi connectivity index (χ4n) is 4.96. The molecule has 0 aromatic heterocycles. The molecule has 1 unspecified atom stereocenters. The monoisotopic (exact) mass is 580 g/mol. The van der Waals surface area contributed by atoms with Crippen LogP contribution in [0.25, 0.3) is 0 Å². The highest BCUT2D eigenvalue weighted by Crippen LogP contribution is 2.13. The Kier molecular flexibility index (Phi) is 13.8. The van der Waals surface area contributed by atoms with Gasteiger partial charge in [0.15, 0.2) is 0 Å². The van der Waals surface area contributed by atoms with Crippen LogP contribution in [0.2, 0.25) is 0 Å². The molecule has 0 radical (unpaired) electrons. The minimum Gasteiger partial charge on any atom is -0.508 e. The number of nitrogens with zero attached hydrogens (tertiary/aromatic N) is 2. The van der Waals surface area contributed by atoms with E-state index in [0.717, 1.165) is 26.2 Å². The quantitative estimate of drug-likeness (QED) is 0.0966. The second kappa shape index (κ2) is 18.6. The maximum atomic E-state index is 10.7. The highest BCUT2D eigenvalue weighted by molar-refractivity contribution is 5.18. The summed E-state index contributed by atoms with van der Waals surface area (Å²) in [5, 5.41) is 21.3. The molecule has 0 bridgehead atoms. The normalized spacial score (nSPS) is 12.5. The molecule has 0 saturated carbocycles. The molecule has 2 N–H and O–H groups in total. The molecule has 226 valence electrons. The van der Waals surface area contributed by atoms with E-state index in [-0.39, 0.29) is 12.4 Å². The largest absolute Gasteiger partial charge is 0.508 e. The first-order valence-electron chi connectivity index (χ1n) is 15.0. The lowest BCUT2D eigenvalue weighted by Crippen LogP contribution is -2.34. The zero-order valence-corrected chi connectivity index (χ0v) is 24.9. The Balaban J connectivity index is 1.16. The summed E-state index contributed by atoms with van der Waals surface area (Å²) in [6.07, 6.45) is 1.49. The molecule has 0 aliphatic carbocycles. The van der Waals surface area contributed by atoms with Gasteiger partial charge in [0, 0.05) is 45.8 Å². The van der Waals surface area contributed by atoms with Crippen LogP contribution < -0.4 is 0 Å². The zero-order chi connectivity index (χ0) is 30.0. The van der Waals surface area contributed by atoms with E-state index in [1.165, 1.54) is 28.5 Å². The van der Waals surface area contributed by atoms with E-state index >= 15 is 0 Å². The molecular formula is C37H44N2O4. The Hall–Kier alpha value is -3.94. The van der Waals surface area contributed by atoms with Gasteiger partial charge in [-0.1, -0.05) is 121 Å². The van der Waals surface area contributed by atoms with E-state index in [9.17, 15) is 10.2 Å². The van der Waals surface area contributed by atoms with Gasteiger partial charge in [0.05, 0.1) is 25.9 Å². The van der Waals surface area contributed by atoms with Gasteiger partial charge in [-0.2, -0.15) is 0 Å². The molecule has 0 amide bonds. The Labute approximate surface area is 256 Å². The number of hydrogen-bond acceptors (Lipinski definition) is 6. The average molecular weight is 581 g/mol. The van der Waals surface area contributed by atoms with E-state index in [4.69, 9.17) is 9.47 Å². The summed E-state index contributed by atoms with van der Waals surface area (Å²) < 4.78 is 11.4. The van der Waals surface area contributed by atoms with E-state index in [0.29, 0.717) is 32.7 Å². The Morgan fingerprint density at radius 1 is 0.605 bits per heavy atom. The third-order valence-electron chi connectivity index (χ3n) is 6.93. The zero-order valence-electron chi connectivity index (χ0n) is 24.9. The van der Waals surface area contributed by atoms with Crippen LogP contribution in [0, 0.1) is 0 Å². The second-order valence-electron chi connectivity index (χ2n) is 10.8. The first-order valence-corrected chi connectivity index (χ1v) is 15.0. The van der Waals surface area contributed by atoms with Gasteiger partial charge < -0.3 is 19.7 Å². The third-order valence-corrected chi connectivity index (χ3v) is 6.93. The van der Waals surface area contributed by atoms with Crippen molar-refractivity contribution in [1.29, 1.82) is 0 Å². The molecule has 0 spiro atoms. The first kappa shape index (κ1) is 32.0. The van der Waals surface area contributed by atoms with Crippen LogP contribution in [0.5, 0.6) is 0 Å². The topological polar surface area (TPSA) is 65.4 Å². The van der Waals surface area contributed by atoms with Crippen molar-refractivity contribution in [3.63, 3.8) is 0 Å². The van der Waals surface area contributed by atoms with Crippen molar-refractivity contribution in [1.82, 2.24) is 9.80 Å². The smallest absolute Gasteiger partial charge is 0.141 e. The Bertz CT molecular complexity index is 1220. The van der Waals surface area contributed by atoms with Gasteiger partial charge in [0.25, 0.3) is 0 Å². The van der Waals surface area contributed by atoms with Crippen molar-refractivity contribution < 1.29 is 19.7 Å². The lowest BCUT2D eigenvalue weighted by atomic mass is 10.1. The van der Waals surface area contributed by atoms with E-state index in [2.05, 4.69) is 58.3 Å². The number of aliphatic hydroxyl groups is 2. The van der Waals surface area contributed by atoms with Crippen molar-refractivity contribution in [3.8, 4) is 0 Å². The standard InChI is InChI=1S/C37H44N2O4/c40-36(28-38(24-32-14-5-1-6-15-32)25-33-16-7-2-8-17-33)30-42-22-13-23-43-31-37(41)29-39(26-34-18-9-3-10-19-34)27-35-20-11-4-12-21-35/h1-12,14-21,30,37,40-41H,13,22-29,31H2/b36-30-. The lowest BCUT2D eigenvalue weighted by molar-refractivity contribution is 0.00930. The van der Waals surface area contributed by atoms with Gasteiger partial charge >= 0.3 is 0 Å². The molecule has 6 heteroatoms. The van der Waals surface area contributed by atoms with Crippen molar-refractivity contribution in [2.75, 3.05) is 32.9 Å². The fraction of sp³-hybridized carbons (Fsp3) is 0.297. The average Bonchev–Trinajstić information content (AvgIpc) is 3.02. The molecule has 0 saturated heterocycles. The van der Waals surface area contributed by atoms with Gasteiger partial charge in [-0.3, -0.25) is 9.80 Å². The van der Waals surface area contributed by atoms with Gasteiger partial charge in [0.1, 0.15) is 12.0 Å². The highest BCUT2D eigenvalue weighted by Gasteiger charge is 2.14. The van der Waals surface area contributed by atoms with Gasteiger partial charge in [-0.15, -0.1) is 0 Å². The number of rotatable bonds is 19. The van der Waals surface area contributed by atoms with Crippen LogP contribution in [0.15, 0.2) is 133 Å². The van der Waals surface area contributed by atoms with Crippen LogP contribution in [-0.4, -0.2) is 59.0 Å². The van der Waals surface area contributed by atoms with E-state index < -0.39 is 6.10 Å². The number of aliphatic hydroxyl groups excluding tert-OH is 2. The predicted molar refractivity (Wildman–Crippen MR) is 172 cm³/mol. The SMILES string of the molecule is O/C(=C\OCCCOCC(O)CN(Cc1ccccc1)Cc1ccccc1)CN(Cc1ccccc1)Cc1ccccc1. The maximum absolute atomic E-state index is 10.7. The molecule has 4 aromatic rings. The summed E-state index contributed by atoms with van der Waals surface area (Å²) in [6, 6.07) is 41.1. The molecule has 0 heterocycles. The van der Waals surface area contributed by atoms with Crippen LogP contribution in [0.1, 0.15) is 28.7 Å². The molecule has 4 rings (SSSR count). The van der Waals surface area contributed by atoms with Crippen molar-refractivity contribution >= 4 is 0 Å². The maximum Gasteiger partial charge on any atom is 0.141 e. The van der Waals surface area contributed by atoms with Crippen LogP contribution in [0.4, 0.5) is 0 Å². The number of hydrogen-bond donors (Lipinski definition) is 2. The Morgan fingerprint density at radius 3 is 1.47 bits per heavy atom. The first-order chi connectivity index (χ1) is 21.1. The fourth-order valence-corrected chi connectivity index (χ4v) is 4.96. The lowest BCUT2D eigenvalue weighted by Gasteiger charge is -2.25. The van der Waals surface area contributed by atoms with Gasteiger partial charge in [-0.25, -0.2) is 0 Å². The molecule has 1 atom stereocenters. The van der Waals surface area contributed by atoms with Crippen LogP contribution in [-0.2, 0) is 35.7 Å². The van der Waals surface area contributed by atoms with Crippen LogP contribution in [0.3, 0.4) is 0 Å². The van der Waals surface area contributed by atoms with Gasteiger partial charge in [-0.05, 0) is 22.3 Å². The molecule has 0 aliphatic heterocycles. The second-order valence-corrected chi connectivity index (χ2v) is 10.8. The minimum absolute atomic E-state index is 0.181. The van der Waals surface area contributed by atoms with Crippen molar-refractivity contribution in [2.24, 2.45) is 0 Å². The van der Waals surface area contributed by atoms with Crippen molar-refractivity contribution in [3.05, 3.63) is 156 Å². The summed E-state index contributed by atoms with van der Waals surface area (Å²) in [6.45, 7) is 5.00. The molecule has 0 fully saturated rings. The highest BCUT2D eigenvalue weighted by atomic mass is 16.5. The summed E-state index contributed by atoms with van der Waals surface area (Å²) >= 11 is 0. The van der Waals surface area contributed by atoms with E-state index in [1.54, 1.807) is 0 Å². The molecule has 0 aliphatic rings. The molecule has 4 aromatic carbocycles. The molecule has 6 nitrogen and oxygen atoms in total. The number of ether oxygens (including phenoxy) is 2. The van der Waals surface area contributed by atoms with Crippen LogP contribution >= 0.6 is 0 Å².